The number of likely N-dealkylation sites (N-methyl/N-ethyl adjacent to an activating group) is 2. The predicted molar refractivity (Wildman–Crippen MR) is 109 cm³/mol. The average molecular weight is 376 g/mol. The lowest BCUT2D eigenvalue weighted by Gasteiger charge is -2.31. The van der Waals surface area contributed by atoms with Crippen molar-refractivity contribution in [1.82, 2.24) is 24.7 Å². The number of imidazole rings is 1. The molecule has 0 aliphatic carbocycles. The number of hydrogen-bond acceptors (Lipinski definition) is 5. The summed E-state index contributed by atoms with van der Waals surface area (Å²) in [5.41, 5.74) is 3.26. The number of hydrogen-bond donors (Lipinski definition) is 2. The molecule has 0 radical (unpaired) electrons. The molecule has 0 saturated heterocycles. The first kappa shape index (κ1) is 21.3. The highest BCUT2D eigenvalue weighted by atomic mass is 16.3. The number of aryl methyl sites for hydroxylation is 1. The molecule has 2 aromatic rings. The van der Waals surface area contributed by atoms with Gasteiger partial charge in [-0.25, -0.2) is 4.98 Å². The molecule has 7 nitrogen and oxygen atoms in total. The van der Waals surface area contributed by atoms with Crippen LogP contribution < -0.4 is 5.32 Å². The molecule has 0 saturated carbocycles. The van der Waals surface area contributed by atoms with E-state index in [0.29, 0.717) is 6.42 Å². The van der Waals surface area contributed by atoms with Gasteiger partial charge in [0.05, 0.1) is 17.1 Å². The number of amides is 1. The van der Waals surface area contributed by atoms with Crippen LogP contribution in [0.15, 0.2) is 18.2 Å². The van der Waals surface area contributed by atoms with E-state index < -0.39 is 12.1 Å². The van der Waals surface area contributed by atoms with E-state index in [4.69, 9.17) is 4.98 Å². The molecule has 1 aromatic carbocycles. The molecule has 1 heterocycles. The molecule has 27 heavy (non-hydrogen) atoms. The quantitative estimate of drug-likeness (QED) is 0.716. The van der Waals surface area contributed by atoms with Gasteiger partial charge in [-0.05, 0) is 51.8 Å². The zero-order chi connectivity index (χ0) is 20.3. The van der Waals surface area contributed by atoms with E-state index in [9.17, 15) is 9.90 Å². The molecular weight excluding hydrogens is 342 g/mol. The van der Waals surface area contributed by atoms with Crippen molar-refractivity contribution in [3.05, 3.63) is 29.6 Å². The zero-order valence-electron chi connectivity index (χ0n) is 17.5. The highest BCUT2D eigenvalue weighted by Gasteiger charge is 2.32. The third kappa shape index (κ3) is 4.86. The van der Waals surface area contributed by atoms with Crippen LogP contribution in [0.25, 0.3) is 11.0 Å². The van der Waals surface area contributed by atoms with Gasteiger partial charge >= 0.3 is 0 Å². The second kappa shape index (κ2) is 8.82. The maximum Gasteiger partial charge on any atom is 0.239 e. The van der Waals surface area contributed by atoms with Gasteiger partial charge in [-0.15, -0.1) is 0 Å². The maximum absolute atomic E-state index is 12.1. The largest absolute Gasteiger partial charge is 0.391 e. The molecule has 0 spiro atoms. The molecule has 7 heteroatoms. The van der Waals surface area contributed by atoms with Gasteiger partial charge in [-0.2, -0.15) is 0 Å². The summed E-state index contributed by atoms with van der Waals surface area (Å²) in [5.74, 6) is 0.608. The van der Waals surface area contributed by atoms with Gasteiger partial charge in [0.15, 0.2) is 0 Å². The molecule has 150 valence electrons. The fourth-order valence-corrected chi connectivity index (χ4v) is 3.50. The van der Waals surface area contributed by atoms with E-state index >= 15 is 0 Å². The lowest BCUT2D eigenvalue weighted by atomic mass is 9.93. The Balaban J connectivity index is 2.23. The summed E-state index contributed by atoms with van der Waals surface area (Å²) < 4.78 is 2.07. The summed E-state index contributed by atoms with van der Waals surface area (Å²) in [6, 6.07) is 5.75. The molecule has 0 fully saturated rings. The van der Waals surface area contributed by atoms with E-state index in [2.05, 4.69) is 33.0 Å². The van der Waals surface area contributed by atoms with Crippen molar-refractivity contribution in [2.75, 3.05) is 35.2 Å². The second-order valence-corrected chi connectivity index (χ2v) is 7.84. The fourth-order valence-electron chi connectivity index (χ4n) is 3.50. The molecule has 0 aliphatic rings. The maximum atomic E-state index is 12.1. The van der Waals surface area contributed by atoms with Crippen molar-refractivity contribution in [2.45, 2.75) is 32.0 Å². The zero-order valence-corrected chi connectivity index (χ0v) is 17.5. The number of carbonyl (C=O) groups is 1. The minimum absolute atomic E-state index is 0.119. The van der Waals surface area contributed by atoms with Crippen molar-refractivity contribution in [3.63, 3.8) is 0 Å². The monoisotopic (exact) mass is 375 g/mol. The van der Waals surface area contributed by atoms with E-state index in [1.165, 1.54) is 5.56 Å². The van der Waals surface area contributed by atoms with Crippen molar-refractivity contribution in [2.24, 2.45) is 13.0 Å². The van der Waals surface area contributed by atoms with Gasteiger partial charge in [0.25, 0.3) is 0 Å². The summed E-state index contributed by atoms with van der Waals surface area (Å²) in [4.78, 5) is 20.8. The number of nitrogens with zero attached hydrogens (tertiary/aromatic N) is 4. The molecule has 2 N–H and O–H groups in total. The number of aromatic nitrogens is 2. The van der Waals surface area contributed by atoms with Gasteiger partial charge in [0.2, 0.25) is 5.91 Å². The van der Waals surface area contributed by atoms with Crippen molar-refractivity contribution in [1.29, 1.82) is 0 Å². The number of carbonyl (C=O) groups excluding carboxylic acids is 1. The second-order valence-electron chi connectivity index (χ2n) is 7.84. The Hall–Kier alpha value is -1.96. The minimum atomic E-state index is -0.788. The molecule has 1 amide bonds. The smallest absolute Gasteiger partial charge is 0.239 e. The molecule has 3 atom stereocenters. The highest BCUT2D eigenvalue weighted by molar-refractivity contribution is 5.82. The van der Waals surface area contributed by atoms with Gasteiger partial charge in [-0.3, -0.25) is 9.69 Å². The van der Waals surface area contributed by atoms with Crippen LogP contribution in [0.2, 0.25) is 0 Å². The third-order valence-electron chi connectivity index (χ3n) is 5.02. The van der Waals surface area contributed by atoms with Crippen molar-refractivity contribution in [3.8, 4) is 0 Å². The highest BCUT2D eigenvalue weighted by Crippen LogP contribution is 2.22. The molecular formula is C20H33N5O2. The van der Waals surface area contributed by atoms with Crippen LogP contribution in [-0.2, 0) is 24.8 Å². The molecule has 0 bridgehead atoms. The Labute approximate surface area is 162 Å². The number of benzene rings is 1. The molecule has 2 rings (SSSR count). The number of aliphatic hydroxyl groups excluding tert-OH is 1. The minimum Gasteiger partial charge on any atom is -0.391 e. The Kier molecular flexibility index (Phi) is 6.97. The van der Waals surface area contributed by atoms with Crippen LogP contribution in [0.5, 0.6) is 0 Å². The lowest BCUT2D eigenvalue weighted by Crippen LogP contribution is -2.52. The van der Waals surface area contributed by atoms with Gasteiger partial charge in [0, 0.05) is 27.1 Å². The Bertz CT molecular complexity index is 784. The fraction of sp³-hybridized carbons (Fsp3) is 0.600. The van der Waals surface area contributed by atoms with E-state index in [0.717, 1.165) is 23.4 Å². The van der Waals surface area contributed by atoms with Crippen LogP contribution in [-0.4, -0.2) is 77.7 Å². The number of nitrogens with one attached hydrogen (secondary N) is 1. The van der Waals surface area contributed by atoms with Crippen LogP contribution in [0.4, 0.5) is 0 Å². The molecule has 1 aromatic heterocycles. The van der Waals surface area contributed by atoms with E-state index in [-0.39, 0.29) is 11.8 Å². The Morgan fingerprint density at radius 1 is 1.30 bits per heavy atom. The first-order valence-corrected chi connectivity index (χ1v) is 9.30. The topological polar surface area (TPSA) is 73.6 Å². The summed E-state index contributed by atoms with van der Waals surface area (Å²) in [6.07, 6.45) is -0.194. The van der Waals surface area contributed by atoms with Crippen LogP contribution in [0, 0.1) is 5.92 Å². The first-order chi connectivity index (χ1) is 12.6. The predicted octanol–water partition coefficient (Wildman–Crippen LogP) is 0.851. The van der Waals surface area contributed by atoms with Crippen molar-refractivity contribution < 1.29 is 9.90 Å². The SMILES string of the molecule is CNC(=O)[C@@H]([C@H](O)[C@H](C)Cc1nc2cc(CN(C)C)ccc2n1C)N(C)C. The van der Waals surface area contributed by atoms with Crippen LogP contribution in [0.3, 0.4) is 0 Å². The third-order valence-corrected chi connectivity index (χ3v) is 5.02. The standard InChI is InChI=1S/C20H33N5O2/c1-13(19(26)18(24(5)6)20(27)21-2)10-17-22-15-11-14(12-23(3)4)8-9-16(15)25(17)7/h8-9,11,13,18-19,26H,10,12H2,1-7H3,(H,21,27)/t13-,18-,19-/m1/s1. The number of fused-ring (bicyclic) bond motifs is 1. The van der Waals surface area contributed by atoms with Crippen LogP contribution in [0.1, 0.15) is 18.3 Å². The molecule has 0 unspecified atom stereocenters. The Morgan fingerprint density at radius 2 is 1.96 bits per heavy atom. The van der Waals surface area contributed by atoms with Gasteiger partial charge < -0.3 is 19.9 Å². The average Bonchev–Trinajstić information content (AvgIpc) is 2.89. The lowest BCUT2D eigenvalue weighted by molar-refractivity contribution is -0.130. The normalized spacial score (nSPS) is 15.3. The molecule has 0 aliphatic heterocycles. The van der Waals surface area contributed by atoms with Crippen LogP contribution >= 0.6 is 0 Å². The number of aliphatic hydroxyl groups is 1. The summed E-state index contributed by atoms with van der Waals surface area (Å²) in [7, 11) is 11.3. The van der Waals surface area contributed by atoms with Gasteiger partial charge in [-0.1, -0.05) is 13.0 Å². The number of rotatable bonds is 8. The Morgan fingerprint density at radius 3 is 2.52 bits per heavy atom. The van der Waals surface area contributed by atoms with E-state index in [1.807, 2.05) is 28.1 Å². The first-order valence-electron chi connectivity index (χ1n) is 9.30. The summed E-state index contributed by atoms with van der Waals surface area (Å²) in [6.45, 7) is 2.83. The van der Waals surface area contributed by atoms with Crippen molar-refractivity contribution >= 4 is 16.9 Å². The summed E-state index contributed by atoms with van der Waals surface area (Å²) in [5, 5.41) is 13.4. The summed E-state index contributed by atoms with van der Waals surface area (Å²) >= 11 is 0. The van der Waals surface area contributed by atoms with E-state index in [1.54, 1.807) is 26.0 Å². The van der Waals surface area contributed by atoms with Gasteiger partial charge in [0.1, 0.15) is 11.9 Å².